The van der Waals surface area contributed by atoms with E-state index in [2.05, 4.69) is 10.6 Å². The highest BCUT2D eigenvalue weighted by molar-refractivity contribution is 8.00. The van der Waals surface area contributed by atoms with Gasteiger partial charge in [0.15, 0.2) is 0 Å². The molecule has 24 heavy (non-hydrogen) atoms. The highest BCUT2D eigenvalue weighted by Gasteiger charge is 2.05. The zero-order valence-corrected chi connectivity index (χ0v) is 13.9. The summed E-state index contributed by atoms with van der Waals surface area (Å²) in [7, 11) is 0. The molecular weight excluding hydrogens is 326 g/mol. The normalized spacial score (nSPS) is 10.0. The van der Waals surface area contributed by atoms with Crippen LogP contribution in [-0.4, -0.2) is 23.5 Å². The summed E-state index contributed by atoms with van der Waals surface area (Å²) in [5, 5.41) is 5.43. The van der Waals surface area contributed by atoms with E-state index in [1.165, 1.54) is 18.7 Å². The van der Waals surface area contributed by atoms with Crippen LogP contribution in [-0.2, 0) is 9.59 Å². The van der Waals surface area contributed by atoms with Crippen LogP contribution < -0.4 is 16.4 Å². The molecule has 0 saturated heterocycles. The number of benzene rings is 2. The highest BCUT2D eigenvalue weighted by Crippen LogP contribution is 2.20. The van der Waals surface area contributed by atoms with E-state index in [1.807, 2.05) is 12.1 Å². The third-order valence-corrected chi connectivity index (χ3v) is 4.01. The topological polar surface area (TPSA) is 101 Å². The van der Waals surface area contributed by atoms with Crippen molar-refractivity contribution in [3.05, 3.63) is 54.1 Å². The molecule has 0 unspecified atom stereocenters. The van der Waals surface area contributed by atoms with Crippen LogP contribution in [0.5, 0.6) is 0 Å². The van der Waals surface area contributed by atoms with Crippen molar-refractivity contribution < 1.29 is 14.4 Å². The van der Waals surface area contributed by atoms with Crippen molar-refractivity contribution in [2.45, 2.75) is 11.8 Å². The van der Waals surface area contributed by atoms with E-state index < -0.39 is 5.91 Å². The van der Waals surface area contributed by atoms with Gasteiger partial charge in [-0.05, 0) is 48.5 Å². The lowest BCUT2D eigenvalue weighted by Crippen LogP contribution is -2.15. The molecule has 7 heteroatoms. The van der Waals surface area contributed by atoms with E-state index in [4.69, 9.17) is 5.73 Å². The summed E-state index contributed by atoms with van der Waals surface area (Å²) in [6, 6.07) is 13.6. The number of thioether (sulfide) groups is 1. The smallest absolute Gasteiger partial charge is 0.248 e. The summed E-state index contributed by atoms with van der Waals surface area (Å²) in [5.41, 5.74) is 6.87. The second-order valence-corrected chi connectivity index (χ2v) is 6.03. The van der Waals surface area contributed by atoms with Crippen LogP contribution in [0.4, 0.5) is 11.4 Å². The number of nitrogens with one attached hydrogen (secondary N) is 2. The quantitative estimate of drug-likeness (QED) is 0.701. The summed E-state index contributed by atoms with van der Waals surface area (Å²) in [6.45, 7) is 1.45. The minimum Gasteiger partial charge on any atom is -0.366 e. The molecule has 0 bridgehead atoms. The molecule has 0 spiro atoms. The molecule has 3 amide bonds. The molecular formula is C17H17N3O3S. The molecule has 0 saturated carbocycles. The van der Waals surface area contributed by atoms with Gasteiger partial charge in [0, 0.05) is 28.8 Å². The van der Waals surface area contributed by atoms with E-state index in [1.54, 1.807) is 36.4 Å². The van der Waals surface area contributed by atoms with Gasteiger partial charge in [-0.2, -0.15) is 0 Å². The maximum Gasteiger partial charge on any atom is 0.248 e. The average Bonchev–Trinajstić information content (AvgIpc) is 2.54. The molecule has 2 rings (SSSR count). The Bertz CT molecular complexity index is 743. The van der Waals surface area contributed by atoms with Gasteiger partial charge in [0.1, 0.15) is 0 Å². The fourth-order valence-electron chi connectivity index (χ4n) is 1.90. The van der Waals surface area contributed by atoms with Gasteiger partial charge in [0.2, 0.25) is 17.7 Å². The van der Waals surface area contributed by atoms with E-state index in [0.717, 1.165) is 4.90 Å². The van der Waals surface area contributed by atoms with Gasteiger partial charge < -0.3 is 16.4 Å². The average molecular weight is 343 g/mol. The fourth-order valence-corrected chi connectivity index (χ4v) is 2.60. The SMILES string of the molecule is CC(=O)Nc1ccc(SCC(=O)Nc2ccc(C(N)=O)cc2)cc1. The molecule has 2 aromatic rings. The Kier molecular flexibility index (Phi) is 5.97. The standard InChI is InChI=1S/C17H17N3O3S/c1-11(21)19-13-6-8-15(9-7-13)24-10-16(22)20-14-4-2-12(3-5-14)17(18)23/h2-9H,10H2,1H3,(H2,18,23)(H,19,21)(H,20,22). The van der Waals surface area contributed by atoms with E-state index in [-0.39, 0.29) is 17.6 Å². The molecule has 0 aliphatic carbocycles. The predicted octanol–water partition coefficient (Wildman–Crippen LogP) is 2.47. The van der Waals surface area contributed by atoms with Crippen molar-refractivity contribution in [1.29, 1.82) is 0 Å². The number of carbonyl (C=O) groups is 3. The van der Waals surface area contributed by atoms with Crippen molar-refractivity contribution in [2.24, 2.45) is 5.73 Å². The fraction of sp³-hybridized carbons (Fsp3) is 0.118. The van der Waals surface area contributed by atoms with Crippen molar-refractivity contribution in [1.82, 2.24) is 0 Å². The maximum atomic E-state index is 11.9. The van der Waals surface area contributed by atoms with Crippen molar-refractivity contribution in [2.75, 3.05) is 16.4 Å². The van der Waals surface area contributed by atoms with Gasteiger partial charge in [-0.1, -0.05) is 0 Å². The van der Waals surface area contributed by atoms with E-state index >= 15 is 0 Å². The summed E-state index contributed by atoms with van der Waals surface area (Å²) in [5.74, 6) is -0.544. The first-order valence-corrected chi connectivity index (χ1v) is 8.13. The van der Waals surface area contributed by atoms with Crippen molar-refractivity contribution in [3.63, 3.8) is 0 Å². The van der Waals surface area contributed by atoms with Gasteiger partial charge in [-0.25, -0.2) is 0 Å². The minimum atomic E-state index is -0.508. The van der Waals surface area contributed by atoms with Gasteiger partial charge >= 0.3 is 0 Å². The number of nitrogens with two attached hydrogens (primary N) is 1. The second kappa shape index (κ2) is 8.16. The lowest BCUT2D eigenvalue weighted by molar-refractivity contribution is -0.114. The second-order valence-electron chi connectivity index (χ2n) is 4.98. The largest absolute Gasteiger partial charge is 0.366 e. The van der Waals surface area contributed by atoms with Crippen molar-refractivity contribution in [3.8, 4) is 0 Å². The Hall–Kier alpha value is -2.80. The molecule has 6 nitrogen and oxygen atoms in total. The molecule has 2 aromatic carbocycles. The molecule has 0 fully saturated rings. The Balaban J connectivity index is 1.84. The zero-order chi connectivity index (χ0) is 17.5. The number of anilines is 2. The van der Waals surface area contributed by atoms with Crippen LogP contribution >= 0.6 is 11.8 Å². The minimum absolute atomic E-state index is 0.128. The summed E-state index contributed by atoms with van der Waals surface area (Å²) >= 11 is 1.38. The summed E-state index contributed by atoms with van der Waals surface area (Å²) in [6.07, 6.45) is 0. The molecule has 0 aliphatic heterocycles. The molecule has 0 heterocycles. The monoisotopic (exact) mass is 343 g/mol. The first-order valence-electron chi connectivity index (χ1n) is 7.14. The molecule has 124 valence electrons. The van der Waals surface area contributed by atoms with Crippen LogP contribution in [0.1, 0.15) is 17.3 Å². The Morgan fingerprint density at radius 1 is 0.917 bits per heavy atom. The third kappa shape index (κ3) is 5.44. The van der Waals surface area contributed by atoms with Gasteiger partial charge in [0.25, 0.3) is 0 Å². The lowest BCUT2D eigenvalue weighted by Gasteiger charge is -2.07. The predicted molar refractivity (Wildman–Crippen MR) is 95.1 cm³/mol. The molecule has 4 N–H and O–H groups in total. The Morgan fingerprint density at radius 2 is 1.46 bits per heavy atom. The van der Waals surface area contributed by atoms with Gasteiger partial charge in [0.05, 0.1) is 5.75 Å². The molecule has 0 aromatic heterocycles. The van der Waals surface area contributed by atoms with Crippen LogP contribution in [0.15, 0.2) is 53.4 Å². The van der Waals surface area contributed by atoms with Crippen LogP contribution in [0.25, 0.3) is 0 Å². The molecule has 0 aliphatic rings. The zero-order valence-electron chi connectivity index (χ0n) is 13.0. The Labute approximate surface area is 143 Å². The van der Waals surface area contributed by atoms with Crippen LogP contribution in [0.3, 0.4) is 0 Å². The lowest BCUT2D eigenvalue weighted by atomic mass is 10.2. The number of primary amides is 1. The molecule has 0 radical (unpaired) electrons. The highest BCUT2D eigenvalue weighted by atomic mass is 32.2. The van der Waals surface area contributed by atoms with Crippen LogP contribution in [0.2, 0.25) is 0 Å². The van der Waals surface area contributed by atoms with E-state index in [9.17, 15) is 14.4 Å². The number of amides is 3. The number of hydrogen-bond donors (Lipinski definition) is 3. The number of hydrogen-bond acceptors (Lipinski definition) is 4. The number of carbonyl (C=O) groups excluding carboxylic acids is 3. The van der Waals surface area contributed by atoms with Gasteiger partial charge in [-0.3, -0.25) is 14.4 Å². The Morgan fingerprint density at radius 3 is 2.00 bits per heavy atom. The van der Waals surface area contributed by atoms with Gasteiger partial charge in [-0.15, -0.1) is 11.8 Å². The maximum absolute atomic E-state index is 11.9. The summed E-state index contributed by atoms with van der Waals surface area (Å²) in [4.78, 5) is 34.8. The number of rotatable bonds is 6. The molecule has 0 atom stereocenters. The first kappa shape index (κ1) is 17.6. The van der Waals surface area contributed by atoms with E-state index in [0.29, 0.717) is 16.9 Å². The van der Waals surface area contributed by atoms with Crippen molar-refractivity contribution >= 4 is 40.9 Å². The third-order valence-electron chi connectivity index (χ3n) is 3.00. The van der Waals surface area contributed by atoms with Crippen LogP contribution in [0, 0.1) is 0 Å². The first-order chi connectivity index (χ1) is 11.4. The summed E-state index contributed by atoms with van der Waals surface area (Å²) < 4.78 is 0.